The lowest BCUT2D eigenvalue weighted by Gasteiger charge is -2.17. The van der Waals surface area contributed by atoms with E-state index < -0.39 is 0 Å². The van der Waals surface area contributed by atoms with Gasteiger partial charge in [0, 0.05) is 6.67 Å². The summed E-state index contributed by atoms with van der Waals surface area (Å²) < 4.78 is 0. The van der Waals surface area contributed by atoms with E-state index in [1.165, 1.54) is 19.5 Å². The van der Waals surface area contributed by atoms with Crippen molar-refractivity contribution in [3.63, 3.8) is 0 Å². The lowest BCUT2D eigenvalue weighted by molar-refractivity contribution is 0.366. The number of rotatable bonds is 1. The Labute approximate surface area is 63.4 Å². The van der Waals surface area contributed by atoms with Crippen LogP contribution in [0.25, 0.3) is 0 Å². The summed E-state index contributed by atoms with van der Waals surface area (Å²) >= 11 is 0. The van der Waals surface area contributed by atoms with Gasteiger partial charge in [0.2, 0.25) is 0 Å². The van der Waals surface area contributed by atoms with Crippen LogP contribution in [0.4, 0.5) is 0 Å². The van der Waals surface area contributed by atoms with E-state index >= 15 is 0 Å². The van der Waals surface area contributed by atoms with Crippen LogP contribution in [0.5, 0.6) is 0 Å². The molecule has 0 spiro atoms. The first-order valence-electron chi connectivity index (χ1n) is 4.22. The van der Waals surface area contributed by atoms with Crippen molar-refractivity contribution >= 4 is 0 Å². The van der Waals surface area contributed by atoms with Gasteiger partial charge in [-0.25, -0.2) is 0 Å². The van der Waals surface area contributed by atoms with Gasteiger partial charge in [-0.05, 0) is 31.3 Å². The lowest BCUT2D eigenvalue weighted by Crippen LogP contribution is -2.28. The first kappa shape index (κ1) is 8.02. The molecule has 1 fully saturated rings. The Morgan fingerprint density at radius 3 is 2.80 bits per heavy atom. The van der Waals surface area contributed by atoms with Crippen molar-refractivity contribution in [2.75, 3.05) is 19.8 Å². The third kappa shape index (κ3) is 2.27. The minimum atomic E-state index is 0.826. The van der Waals surface area contributed by atoms with E-state index in [-0.39, 0.29) is 0 Å². The molecule has 1 rings (SSSR count). The van der Waals surface area contributed by atoms with Crippen LogP contribution in [0.2, 0.25) is 0 Å². The van der Waals surface area contributed by atoms with Gasteiger partial charge in [-0.1, -0.05) is 13.8 Å². The second-order valence-electron chi connectivity index (χ2n) is 3.42. The molecular formula is C8H18N2. The van der Waals surface area contributed by atoms with E-state index in [2.05, 4.69) is 24.5 Å². The van der Waals surface area contributed by atoms with Crippen molar-refractivity contribution in [1.29, 1.82) is 0 Å². The number of hydrogen-bond donors (Lipinski definition) is 2. The number of nitrogens with one attached hydrogen (secondary N) is 2. The minimum Gasteiger partial charge on any atom is -0.304 e. The third-order valence-electron chi connectivity index (χ3n) is 2.29. The van der Waals surface area contributed by atoms with Gasteiger partial charge in [-0.15, -0.1) is 0 Å². The average molecular weight is 142 g/mol. The normalized spacial score (nSPS) is 28.5. The Bertz CT molecular complexity index is 83.3. The van der Waals surface area contributed by atoms with Crippen molar-refractivity contribution in [3.8, 4) is 0 Å². The Morgan fingerprint density at radius 2 is 2.10 bits per heavy atom. The summed E-state index contributed by atoms with van der Waals surface area (Å²) in [7, 11) is 0. The zero-order valence-electron chi connectivity index (χ0n) is 6.98. The molecule has 1 unspecified atom stereocenters. The zero-order valence-corrected chi connectivity index (χ0v) is 6.98. The van der Waals surface area contributed by atoms with Crippen molar-refractivity contribution in [2.45, 2.75) is 20.3 Å². The Hall–Kier alpha value is -0.0800. The van der Waals surface area contributed by atoms with Crippen molar-refractivity contribution in [3.05, 3.63) is 0 Å². The fraction of sp³-hybridized carbons (Fsp3) is 1.00. The van der Waals surface area contributed by atoms with Crippen LogP contribution in [0.1, 0.15) is 20.3 Å². The van der Waals surface area contributed by atoms with Crippen LogP contribution in [0, 0.1) is 11.8 Å². The Morgan fingerprint density at radius 1 is 1.30 bits per heavy atom. The highest BCUT2D eigenvalue weighted by Crippen LogP contribution is 2.13. The molecule has 0 radical (unpaired) electrons. The predicted molar refractivity (Wildman–Crippen MR) is 43.8 cm³/mol. The molecule has 1 aliphatic heterocycles. The molecule has 2 nitrogen and oxygen atoms in total. The first-order valence-corrected chi connectivity index (χ1v) is 4.22. The third-order valence-corrected chi connectivity index (χ3v) is 2.29. The average Bonchev–Trinajstić information content (AvgIpc) is 2.12. The molecule has 10 heavy (non-hydrogen) atoms. The minimum absolute atomic E-state index is 0.826. The molecule has 2 N–H and O–H groups in total. The standard InChI is InChI=1S/C8H18N2/c1-7(2)8-3-4-9-6-10-5-8/h7-10H,3-6H2,1-2H3. The predicted octanol–water partition coefficient (Wildman–Crippen LogP) is 0.799. The van der Waals surface area contributed by atoms with E-state index in [0.717, 1.165) is 18.5 Å². The van der Waals surface area contributed by atoms with E-state index in [4.69, 9.17) is 0 Å². The van der Waals surface area contributed by atoms with Crippen molar-refractivity contribution in [1.82, 2.24) is 10.6 Å². The maximum absolute atomic E-state index is 3.37. The van der Waals surface area contributed by atoms with Gasteiger partial charge in [-0.3, -0.25) is 0 Å². The molecule has 1 saturated heterocycles. The lowest BCUT2D eigenvalue weighted by atomic mass is 9.93. The fourth-order valence-corrected chi connectivity index (χ4v) is 1.39. The molecule has 60 valence electrons. The second-order valence-corrected chi connectivity index (χ2v) is 3.42. The maximum Gasteiger partial charge on any atom is 0.0454 e. The van der Waals surface area contributed by atoms with Crippen LogP contribution in [0.3, 0.4) is 0 Å². The number of hydrogen-bond acceptors (Lipinski definition) is 2. The molecule has 0 aromatic carbocycles. The van der Waals surface area contributed by atoms with Gasteiger partial charge >= 0.3 is 0 Å². The first-order chi connectivity index (χ1) is 4.80. The van der Waals surface area contributed by atoms with Gasteiger partial charge in [-0.2, -0.15) is 0 Å². The van der Waals surface area contributed by atoms with Crippen LogP contribution in [-0.2, 0) is 0 Å². The molecule has 0 aliphatic carbocycles. The highest BCUT2D eigenvalue weighted by atomic mass is 15.1. The van der Waals surface area contributed by atoms with Crippen LogP contribution >= 0.6 is 0 Å². The summed E-state index contributed by atoms with van der Waals surface area (Å²) in [5.41, 5.74) is 0. The van der Waals surface area contributed by atoms with E-state index in [1.807, 2.05) is 0 Å². The van der Waals surface area contributed by atoms with Gasteiger partial charge in [0.1, 0.15) is 0 Å². The summed E-state index contributed by atoms with van der Waals surface area (Å²) in [6, 6.07) is 0. The molecule has 0 aromatic heterocycles. The molecule has 1 aliphatic rings. The monoisotopic (exact) mass is 142 g/mol. The molecule has 1 atom stereocenters. The smallest absolute Gasteiger partial charge is 0.0454 e. The van der Waals surface area contributed by atoms with E-state index in [0.29, 0.717) is 0 Å². The van der Waals surface area contributed by atoms with Gasteiger partial charge in [0.25, 0.3) is 0 Å². The SMILES string of the molecule is CC(C)C1CCNCNC1. The summed E-state index contributed by atoms with van der Waals surface area (Å²) in [6.45, 7) is 7.96. The summed E-state index contributed by atoms with van der Waals surface area (Å²) in [5, 5.41) is 6.69. The van der Waals surface area contributed by atoms with Crippen LogP contribution < -0.4 is 10.6 Å². The summed E-state index contributed by atoms with van der Waals surface area (Å²) in [5.74, 6) is 1.70. The second kappa shape index (κ2) is 3.94. The molecule has 0 aromatic rings. The highest BCUT2D eigenvalue weighted by Gasteiger charge is 2.13. The molecule has 0 saturated carbocycles. The summed E-state index contributed by atoms with van der Waals surface area (Å²) in [4.78, 5) is 0. The Kier molecular flexibility index (Phi) is 3.16. The largest absolute Gasteiger partial charge is 0.304 e. The van der Waals surface area contributed by atoms with Crippen LogP contribution in [-0.4, -0.2) is 19.8 Å². The molecule has 1 heterocycles. The van der Waals surface area contributed by atoms with Crippen molar-refractivity contribution < 1.29 is 0 Å². The molecule has 0 amide bonds. The zero-order chi connectivity index (χ0) is 7.40. The van der Waals surface area contributed by atoms with Gasteiger partial charge in [0.15, 0.2) is 0 Å². The van der Waals surface area contributed by atoms with Gasteiger partial charge in [0.05, 0.1) is 0 Å². The fourth-order valence-electron chi connectivity index (χ4n) is 1.39. The molecule has 2 heteroatoms. The Balaban J connectivity index is 2.28. The van der Waals surface area contributed by atoms with Gasteiger partial charge < -0.3 is 10.6 Å². The maximum atomic E-state index is 3.37. The quantitative estimate of drug-likeness (QED) is 0.566. The summed E-state index contributed by atoms with van der Waals surface area (Å²) in [6.07, 6.45) is 1.32. The topological polar surface area (TPSA) is 24.1 Å². The van der Waals surface area contributed by atoms with E-state index in [9.17, 15) is 0 Å². The highest BCUT2D eigenvalue weighted by molar-refractivity contribution is 4.69. The molecular weight excluding hydrogens is 124 g/mol. The van der Waals surface area contributed by atoms with E-state index in [1.54, 1.807) is 0 Å². The van der Waals surface area contributed by atoms with Crippen LogP contribution in [0.15, 0.2) is 0 Å². The van der Waals surface area contributed by atoms with Crippen molar-refractivity contribution in [2.24, 2.45) is 11.8 Å². The molecule has 0 bridgehead atoms.